The molecule has 3 aliphatic rings. The zero-order chi connectivity index (χ0) is 27.1. The molecule has 1 atom stereocenters. The first-order chi connectivity index (χ1) is 18.3. The molecule has 1 aromatic rings. The number of rotatable bonds is 8. The summed E-state index contributed by atoms with van der Waals surface area (Å²) in [5.74, 6) is -0.400. The molecule has 0 aromatic heterocycles. The van der Waals surface area contributed by atoms with Gasteiger partial charge >= 0.3 is 6.03 Å². The van der Waals surface area contributed by atoms with E-state index in [1.165, 1.54) is 24.0 Å². The number of nitrogens with one attached hydrogen (secondary N) is 4. The van der Waals surface area contributed by atoms with E-state index in [1.807, 2.05) is 0 Å². The summed E-state index contributed by atoms with van der Waals surface area (Å²) in [4.78, 5) is 36.9. The molecule has 206 valence electrons. The van der Waals surface area contributed by atoms with Gasteiger partial charge in [0.25, 0.3) is 0 Å². The van der Waals surface area contributed by atoms with Gasteiger partial charge in [0.2, 0.25) is 11.8 Å². The number of hydrogen-bond donors (Lipinski definition) is 5. The van der Waals surface area contributed by atoms with Crippen LogP contribution in [0, 0.1) is 11.3 Å². The number of carbonyl (C=O) groups excluding carboxylic acids is 3. The third-order valence-electron chi connectivity index (χ3n) is 7.67. The number of urea groups is 1. The number of benzene rings is 1. The Morgan fingerprint density at radius 3 is 2.21 bits per heavy atom. The lowest BCUT2D eigenvalue weighted by molar-refractivity contribution is -0.126. The predicted octanol–water partition coefficient (Wildman–Crippen LogP) is 3.62. The first-order valence-corrected chi connectivity index (χ1v) is 15.1. The molecule has 0 aliphatic heterocycles. The quantitative estimate of drug-likeness (QED) is 0.250. The van der Waals surface area contributed by atoms with Crippen molar-refractivity contribution in [2.75, 3.05) is 11.9 Å². The van der Waals surface area contributed by atoms with E-state index < -0.39 is 21.9 Å². The summed E-state index contributed by atoms with van der Waals surface area (Å²) in [6.45, 7) is -0.263. The molecule has 1 saturated carbocycles. The fourth-order valence-corrected chi connectivity index (χ4v) is 6.56. The van der Waals surface area contributed by atoms with Crippen LogP contribution in [0.4, 0.5) is 10.5 Å². The van der Waals surface area contributed by atoms with Crippen LogP contribution < -0.4 is 21.1 Å². The number of nitrogens with two attached hydrogens (primary N) is 1. The molecule has 3 aliphatic carbocycles. The lowest BCUT2D eigenvalue weighted by Crippen LogP contribution is -2.36. The SMILES string of the molecule is N=C/C(=C\NC(=O)CNC(=O)CC1CCCCCC1)[S@](N)(=O)=NC(=O)Nc1c2c(cc3c1CCC3)CCC2. The second-order valence-corrected chi connectivity index (χ2v) is 12.2. The highest BCUT2D eigenvalue weighted by atomic mass is 32.2. The van der Waals surface area contributed by atoms with Crippen molar-refractivity contribution >= 4 is 39.7 Å². The Morgan fingerprint density at radius 2 is 1.61 bits per heavy atom. The second-order valence-electron chi connectivity index (χ2n) is 10.4. The third-order valence-corrected chi connectivity index (χ3v) is 9.02. The number of allylic oxidation sites excluding steroid dienone is 1. The maximum atomic E-state index is 13.0. The lowest BCUT2D eigenvalue weighted by Gasteiger charge is -2.15. The van der Waals surface area contributed by atoms with Crippen molar-refractivity contribution < 1.29 is 18.6 Å². The molecule has 1 fully saturated rings. The standard InChI is InChI=1S/C27H38N6O4S/c28-15-21(16-30-25(35)17-31-24(34)13-18-7-3-1-2-4-8-18)38(29,37)33-27(36)32-26-22-11-5-9-19(22)14-20-10-6-12-23(20)26/h14-16,18,28H,1-13,17H2,(H,30,35)(H,31,34)(H3,29,32,33,36,37)/b21-16+,28-15?/t38-/m1/s1. The molecule has 0 spiro atoms. The van der Waals surface area contributed by atoms with Crippen molar-refractivity contribution in [2.24, 2.45) is 15.4 Å². The molecule has 1 aromatic carbocycles. The summed E-state index contributed by atoms with van der Waals surface area (Å²) < 4.78 is 16.7. The summed E-state index contributed by atoms with van der Waals surface area (Å²) in [6.07, 6.45) is 14.5. The van der Waals surface area contributed by atoms with Crippen LogP contribution in [0.1, 0.15) is 80.0 Å². The Hall–Kier alpha value is -3.05. The molecule has 38 heavy (non-hydrogen) atoms. The summed E-state index contributed by atoms with van der Waals surface area (Å²) in [7, 11) is -3.79. The van der Waals surface area contributed by atoms with Crippen LogP contribution in [0.3, 0.4) is 0 Å². The van der Waals surface area contributed by atoms with Crippen molar-refractivity contribution in [3.63, 3.8) is 0 Å². The van der Waals surface area contributed by atoms with Crippen molar-refractivity contribution in [2.45, 2.75) is 83.5 Å². The molecule has 10 nitrogen and oxygen atoms in total. The van der Waals surface area contributed by atoms with E-state index in [2.05, 4.69) is 26.4 Å². The molecular formula is C27H38N6O4S. The number of anilines is 1. The highest BCUT2D eigenvalue weighted by Gasteiger charge is 2.25. The Bertz CT molecular complexity index is 1220. The lowest BCUT2D eigenvalue weighted by atomic mass is 9.96. The molecule has 4 amide bonds. The number of fused-ring (bicyclic) bond motifs is 2. The Kier molecular flexibility index (Phi) is 9.32. The van der Waals surface area contributed by atoms with Gasteiger partial charge in [-0.05, 0) is 79.5 Å². The van der Waals surface area contributed by atoms with E-state index in [1.54, 1.807) is 0 Å². The molecule has 11 heteroatoms. The first kappa shape index (κ1) is 28.0. The van der Waals surface area contributed by atoms with Crippen LogP contribution in [0.15, 0.2) is 21.5 Å². The predicted molar refractivity (Wildman–Crippen MR) is 148 cm³/mol. The summed E-state index contributed by atoms with van der Waals surface area (Å²) in [5, 5.41) is 21.2. The minimum atomic E-state index is -3.79. The van der Waals surface area contributed by atoms with E-state index in [-0.39, 0.29) is 17.4 Å². The highest BCUT2D eigenvalue weighted by Crippen LogP contribution is 2.38. The fourth-order valence-electron chi connectivity index (χ4n) is 5.77. The van der Waals surface area contributed by atoms with Gasteiger partial charge in [0.05, 0.1) is 11.4 Å². The Morgan fingerprint density at radius 1 is 0.974 bits per heavy atom. The zero-order valence-corrected chi connectivity index (χ0v) is 22.6. The van der Waals surface area contributed by atoms with Crippen LogP contribution in [0.5, 0.6) is 0 Å². The average Bonchev–Trinajstić information content (AvgIpc) is 3.47. The molecule has 0 bridgehead atoms. The Balaban J connectivity index is 1.35. The molecule has 6 N–H and O–H groups in total. The van der Waals surface area contributed by atoms with Gasteiger partial charge < -0.3 is 21.4 Å². The van der Waals surface area contributed by atoms with Crippen molar-refractivity contribution in [1.82, 2.24) is 10.6 Å². The molecule has 4 rings (SSSR count). The fraction of sp³-hybridized carbons (Fsp3) is 0.556. The Labute approximate surface area is 224 Å². The van der Waals surface area contributed by atoms with E-state index in [4.69, 9.17) is 10.5 Å². The van der Waals surface area contributed by atoms with E-state index >= 15 is 0 Å². The summed E-state index contributed by atoms with van der Waals surface area (Å²) >= 11 is 0. The summed E-state index contributed by atoms with van der Waals surface area (Å²) in [6, 6.07) is 1.39. The van der Waals surface area contributed by atoms with Gasteiger partial charge in [-0.2, -0.15) is 0 Å². The van der Waals surface area contributed by atoms with Crippen LogP contribution in [-0.2, 0) is 45.2 Å². The summed E-state index contributed by atoms with van der Waals surface area (Å²) in [5.41, 5.74) is 5.43. The van der Waals surface area contributed by atoms with Gasteiger partial charge in [0.15, 0.2) is 0 Å². The van der Waals surface area contributed by atoms with Gasteiger partial charge in [0.1, 0.15) is 9.92 Å². The maximum absolute atomic E-state index is 13.0. The monoisotopic (exact) mass is 542 g/mol. The highest BCUT2D eigenvalue weighted by molar-refractivity contribution is 7.96. The number of carbonyl (C=O) groups is 3. The number of amides is 4. The van der Waals surface area contributed by atoms with Gasteiger partial charge in [-0.25, -0.2) is 14.1 Å². The van der Waals surface area contributed by atoms with Gasteiger partial charge in [-0.3, -0.25) is 9.59 Å². The average molecular weight is 543 g/mol. The van der Waals surface area contributed by atoms with Crippen LogP contribution in [0.2, 0.25) is 0 Å². The third kappa shape index (κ3) is 7.08. The number of nitrogens with zero attached hydrogens (tertiary/aromatic N) is 1. The molecule has 0 heterocycles. The van der Waals surface area contributed by atoms with Crippen molar-refractivity contribution in [3.8, 4) is 0 Å². The van der Waals surface area contributed by atoms with E-state index in [0.717, 1.165) is 87.2 Å². The topological polar surface area (TPSA) is 167 Å². The molecule has 0 saturated heterocycles. The van der Waals surface area contributed by atoms with E-state index in [9.17, 15) is 18.6 Å². The minimum absolute atomic E-state index is 0.184. The molecule has 0 unspecified atom stereocenters. The number of aryl methyl sites for hydroxylation is 2. The van der Waals surface area contributed by atoms with Gasteiger partial charge in [0, 0.05) is 24.5 Å². The van der Waals surface area contributed by atoms with Gasteiger partial charge in [-0.1, -0.05) is 31.7 Å². The van der Waals surface area contributed by atoms with Crippen LogP contribution in [-0.4, -0.2) is 34.8 Å². The number of hydrogen-bond acceptors (Lipinski definition) is 5. The van der Waals surface area contributed by atoms with Crippen molar-refractivity contribution in [1.29, 1.82) is 5.41 Å². The van der Waals surface area contributed by atoms with Crippen LogP contribution in [0.25, 0.3) is 0 Å². The van der Waals surface area contributed by atoms with Crippen LogP contribution >= 0.6 is 0 Å². The van der Waals surface area contributed by atoms with Crippen molar-refractivity contribution in [3.05, 3.63) is 39.4 Å². The maximum Gasteiger partial charge on any atom is 0.354 e. The smallest absolute Gasteiger partial charge is 0.347 e. The second kappa shape index (κ2) is 12.7. The largest absolute Gasteiger partial charge is 0.354 e. The normalized spacial score (nSPS) is 18.9. The minimum Gasteiger partial charge on any atom is -0.347 e. The van der Waals surface area contributed by atoms with Gasteiger partial charge in [-0.15, -0.1) is 4.36 Å². The molecular weight excluding hydrogens is 504 g/mol. The zero-order valence-electron chi connectivity index (χ0n) is 21.8. The first-order valence-electron chi connectivity index (χ1n) is 13.6. The molecule has 0 radical (unpaired) electrons. The van der Waals surface area contributed by atoms with E-state index in [0.29, 0.717) is 18.6 Å².